The molecule has 1 aromatic rings. The molecule has 19 heavy (non-hydrogen) atoms. The zero-order chi connectivity index (χ0) is 14.0. The zero-order valence-corrected chi connectivity index (χ0v) is 10.4. The van der Waals surface area contributed by atoms with E-state index in [1.807, 2.05) is 0 Å². The van der Waals surface area contributed by atoms with Crippen molar-refractivity contribution in [1.29, 1.82) is 0 Å². The normalized spacial score (nSPS) is 18.9. The van der Waals surface area contributed by atoms with Crippen LogP contribution in [-0.2, 0) is 14.4 Å². The molecule has 6 heteroatoms. The maximum absolute atomic E-state index is 13.6. The summed E-state index contributed by atoms with van der Waals surface area (Å²) in [5.74, 6) is -3.00. The smallest absolute Gasteiger partial charge is 0.239 e. The van der Waals surface area contributed by atoms with Crippen LogP contribution in [0.5, 0.6) is 0 Å². The summed E-state index contributed by atoms with van der Waals surface area (Å²) in [5, 5.41) is 2.11. The van der Waals surface area contributed by atoms with E-state index in [4.69, 9.17) is 0 Å². The summed E-state index contributed by atoms with van der Waals surface area (Å²) >= 11 is 0. The Kier molecular flexibility index (Phi) is 3.59. The third-order valence-electron chi connectivity index (χ3n) is 3.08. The summed E-state index contributed by atoms with van der Waals surface area (Å²) in [7, 11) is 1.41. The molecule has 1 aromatic carbocycles. The summed E-state index contributed by atoms with van der Waals surface area (Å²) in [5.41, 5.74) is 0.109. The van der Waals surface area contributed by atoms with E-state index >= 15 is 0 Å². The molecule has 2 rings (SSSR count). The Morgan fingerprint density at radius 2 is 2.05 bits per heavy atom. The molecular weight excluding hydrogens is 251 g/mol. The first-order chi connectivity index (χ1) is 9.00. The number of hydrogen-bond acceptors (Lipinski definition) is 3. The molecule has 100 valence electrons. The predicted octanol–water partition coefficient (Wildman–Crippen LogP) is 0.841. The van der Waals surface area contributed by atoms with Gasteiger partial charge in [-0.2, -0.15) is 0 Å². The average molecular weight is 264 g/mol. The molecule has 0 aromatic heterocycles. The maximum Gasteiger partial charge on any atom is 0.239 e. The molecule has 5 nitrogen and oxygen atoms in total. The average Bonchev–Trinajstić information content (AvgIpc) is 2.38. The summed E-state index contributed by atoms with van der Waals surface area (Å²) in [6, 6.07) is 5.82. The fourth-order valence-electron chi connectivity index (χ4n) is 2.01. The molecule has 1 aliphatic heterocycles. The van der Waals surface area contributed by atoms with Gasteiger partial charge in [0.25, 0.3) is 0 Å². The van der Waals surface area contributed by atoms with E-state index in [-0.39, 0.29) is 24.4 Å². The van der Waals surface area contributed by atoms with E-state index in [0.29, 0.717) is 0 Å². The minimum atomic E-state index is -0.942. The fourth-order valence-corrected chi connectivity index (χ4v) is 2.01. The molecule has 3 amide bonds. The van der Waals surface area contributed by atoms with Crippen LogP contribution in [0.25, 0.3) is 0 Å². The number of benzene rings is 1. The van der Waals surface area contributed by atoms with Gasteiger partial charge >= 0.3 is 0 Å². The van der Waals surface area contributed by atoms with Crippen LogP contribution in [0.2, 0.25) is 0 Å². The molecular formula is C13H13FN2O3. The van der Waals surface area contributed by atoms with Crippen molar-refractivity contribution in [3.63, 3.8) is 0 Å². The zero-order valence-electron chi connectivity index (χ0n) is 10.4. The molecule has 0 radical (unpaired) electrons. The van der Waals surface area contributed by atoms with Crippen LogP contribution in [-0.4, -0.2) is 24.8 Å². The molecule has 1 aliphatic rings. The minimum Gasteiger partial charge on any atom is -0.312 e. The first kappa shape index (κ1) is 13.2. The number of imide groups is 1. The third-order valence-corrected chi connectivity index (χ3v) is 3.08. The standard InChI is InChI=1S/C13H13FN2O3/c1-16(10-5-3-2-4-9(10)14)13(19)8-6-7-11(17)15-12(8)18/h2-5,8H,6-7H2,1H3,(H,15,17,18). The lowest BCUT2D eigenvalue weighted by Gasteiger charge is -2.25. The van der Waals surface area contributed by atoms with Crippen LogP contribution in [0, 0.1) is 11.7 Å². The summed E-state index contributed by atoms with van der Waals surface area (Å²) in [6.45, 7) is 0. The molecule has 0 spiro atoms. The van der Waals surface area contributed by atoms with Crippen molar-refractivity contribution >= 4 is 23.4 Å². The first-order valence-electron chi connectivity index (χ1n) is 5.86. The van der Waals surface area contributed by atoms with Gasteiger partial charge < -0.3 is 4.90 Å². The quantitative estimate of drug-likeness (QED) is 0.636. The van der Waals surface area contributed by atoms with Gasteiger partial charge in [0.05, 0.1) is 5.69 Å². The SMILES string of the molecule is CN(C(=O)C1CCC(=O)NC1=O)c1ccccc1F. The molecule has 0 bridgehead atoms. The van der Waals surface area contributed by atoms with Crippen LogP contribution >= 0.6 is 0 Å². The van der Waals surface area contributed by atoms with E-state index in [0.717, 1.165) is 4.90 Å². The van der Waals surface area contributed by atoms with Crippen LogP contribution in [0.3, 0.4) is 0 Å². The van der Waals surface area contributed by atoms with Crippen molar-refractivity contribution in [2.24, 2.45) is 5.92 Å². The number of nitrogens with one attached hydrogen (secondary N) is 1. The number of carbonyl (C=O) groups excluding carboxylic acids is 3. The highest BCUT2D eigenvalue weighted by Gasteiger charge is 2.35. The van der Waals surface area contributed by atoms with Crippen molar-refractivity contribution in [3.8, 4) is 0 Å². The topological polar surface area (TPSA) is 66.5 Å². The molecule has 1 unspecified atom stereocenters. The number of halogens is 1. The number of carbonyl (C=O) groups is 3. The second-order valence-electron chi connectivity index (χ2n) is 4.35. The third kappa shape index (κ3) is 2.62. The van der Waals surface area contributed by atoms with Gasteiger partial charge in [0.1, 0.15) is 11.7 Å². The number of rotatable bonds is 2. The van der Waals surface area contributed by atoms with Crippen LogP contribution in [0.4, 0.5) is 10.1 Å². The highest BCUT2D eigenvalue weighted by atomic mass is 19.1. The Bertz CT molecular complexity index is 544. The molecule has 0 aliphatic carbocycles. The minimum absolute atomic E-state index is 0.109. The van der Waals surface area contributed by atoms with Gasteiger partial charge in [-0.15, -0.1) is 0 Å². The van der Waals surface area contributed by atoms with Gasteiger partial charge in [0, 0.05) is 13.5 Å². The number of hydrogen-bond donors (Lipinski definition) is 1. The summed E-state index contributed by atoms with van der Waals surface area (Å²) < 4.78 is 13.6. The van der Waals surface area contributed by atoms with Crippen LogP contribution in [0.1, 0.15) is 12.8 Å². The van der Waals surface area contributed by atoms with Crippen molar-refractivity contribution in [3.05, 3.63) is 30.1 Å². The summed E-state index contributed by atoms with van der Waals surface area (Å²) in [4.78, 5) is 35.9. The van der Waals surface area contributed by atoms with E-state index in [2.05, 4.69) is 5.32 Å². The second kappa shape index (κ2) is 5.17. The van der Waals surface area contributed by atoms with Gasteiger partial charge in [-0.1, -0.05) is 12.1 Å². The number of amides is 3. The predicted molar refractivity (Wildman–Crippen MR) is 65.7 cm³/mol. The molecule has 1 N–H and O–H groups in total. The molecule has 1 saturated heterocycles. The fraction of sp³-hybridized carbons (Fsp3) is 0.308. The Balaban J connectivity index is 2.18. The monoisotopic (exact) mass is 264 g/mol. The lowest BCUT2D eigenvalue weighted by atomic mass is 9.96. The lowest BCUT2D eigenvalue weighted by Crippen LogP contribution is -2.48. The molecule has 1 fully saturated rings. The van der Waals surface area contributed by atoms with Crippen molar-refractivity contribution in [1.82, 2.24) is 5.32 Å². The summed E-state index contributed by atoms with van der Waals surface area (Å²) in [6.07, 6.45) is 0.273. The van der Waals surface area contributed by atoms with Gasteiger partial charge in [-0.25, -0.2) is 4.39 Å². The van der Waals surface area contributed by atoms with Crippen molar-refractivity contribution < 1.29 is 18.8 Å². The first-order valence-corrected chi connectivity index (χ1v) is 5.86. The van der Waals surface area contributed by atoms with Gasteiger partial charge in [-0.3, -0.25) is 19.7 Å². The number of para-hydroxylation sites is 1. The van der Waals surface area contributed by atoms with E-state index in [1.54, 1.807) is 6.07 Å². The number of piperidine rings is 1. The number of nitrogens with zero attached hydrogens (tertiary/aromatic N) is 1. The highest BCUT2D eigenvalue weighted by molar-refractivity contribution is 6.12. The van der Waals surface area contributed by atoms with E-state index in [9.17, 15) is 18.8 Å². The lowest BCUT2D eigenvalue weighted by molar-refractivity contribution is -0.140. The molecule has 1 atom stereocenters. The Labute approximate surface area is 109 Å². The Morgan fingerprint density at radius 1 is 1.37 bits per heavy atom. The highest BCUT2D eigenvalue weighted by Crippen LogP contribution is 2.22. The molecule has 1 heterocycles. The van der Waals surface area contributed by atoms with Gasteiger partial charge in [-0.05, 0) is 18.6 Å². The van der Waals surface area contributed by atoms with Crippen molar-refractivity contribution in [2.45, 2.75) is 12.8 Å². The van der Waals surface area contributed by atoms with Crippen LogP contribution < -0.4 is 10.2 Å². The second-order valence-corrected chi connectivity index (χ2v) is 4.35. The maximum atomic E-state index is 13.6. The van der Waals surface area contributed by atoms with Gasteiger partial charge in [0.15, 0.2) is 0 Å². The van der Waals surface area contributed by atoms with Crippen LogP contribution in [0.15, 0.2) is 24.3 Å². The van der Waals surface area contributed by atoms with Crippen molar-refractivity contribution in [2.75, 3.05) is 11.9 Å². The number of anilines is 1. The van der Waals surface area contributed by atoms with Gasteiger partial charge in [0.2, 0.25) is 17.7 Å². The Hall–Kier alpha value is -2.24. The molecule has 0 saturated carbocycles. The van der Waals surface area contributed by atoms with E-state index in [1.165, 1.54) is 25.2 Å². The van der Waals surface area contributed by atoms with E-state index < -0.39 is 23.5 Å². The Morgan fingerprint density at radius 3 is 2.68 bits per heavy atom. The largest absolute Gasteiger partial charge is 0.312 e.